The molecule has 0 fully saturated rings. The summed E-state index contributed by atoms with van der Waals surface area (Å²) in [6.45, 7) is 2.69. The number of nitrogens with zero attached hydrogens (tertiary/aromatic N) is 1. The first-order chi connectivity index (χ1) is 9.72. The lowest BCUT2D eigenvalue weighted by Gasteiger charge is -2.22. The van der Waals surface area contributed by atoms with Crippen molar-refractivity contribution in [3.8, 4) is 5.75 Å². The molecule has 20 heavy (non-hydrogen) atoms. The van der Waals surface area contributed by atoms with Crippen molar-refractivity contribution in [1.29, 1.82) is 0 Å². The number of rotatable bonds is 6. The Morgan fingerprint density at radius 1 is 1.35 bits per heavy atom. The van der Waals surface area contributed by atoms with Crippen LogP contribution in [0.25, 0.3) is 0 Å². The van der Waals surface area contributed by atoms with Crippen LogP contribution in [0.4, 0.5) is 0 Å². The third-order valence-corrected chi connectivity index (χ3v) is 3.47. The predicted molar refractivity (Wildman–Crippen MR) is 75.5 cm³/mol. The van der Waals surface area contributed by atoms with E-state index in [0.29, 0.717) is 25.2 Å². The lowest BCUT2D eigenvalue weighted by atomic mass is 9.84. The number of ether oxygens (including phenoxy) is 2. The van der Waals surface area contributed by atoms with Gasteiger partial charge in [-0.2, -0.15) is 0 Å². The lowest BCUT2D eigenvalue weighted by Crippen LogP contribution is -2.28. The summed E-state index contributed by atoms with van der Waals surface area (Å²) in [5.74, 6) is 0.596. The standard InChI is InChI=1S/C15H19NO4/c1-2-19-11-20-13-7-5-6-12(10-13)14-8-3-4-9-15(14)16(17)18/h3-7,10,14-15H,2,8-9,11H2,1H3/t14-,15-/m0/s1. The van der Waals surface area contributed by atoms with Gasteiger partial charge in [0.1, 0.15) is 5.75 Å². The third kappa shape index (κ3) is 3.57. The quantitative estimate of drug-likeness (QED) is 0.263. The summed E-state index contributed by atoms with van der Waals surface area (Å²) in [6, 6.07) is 6.95. The average molecular weight is 277 g/mol. The van der Waals surface area contributed by atoms with Crippen molar-refractivity contribution < 1.29 is 14.4 Å². The van der Waals surface area contributed by atoms with Crippen molar-refractivity contribution >= 4 is 0 Å². The third-order valence-electron chi connectivity index (χ3n) is 3.47. The molecule has 0 radical (unpaired) electrons. The Morgan fingerprint density at radius 2 is 2.15 bits per heavy atom. The molecule has 5 nitrogen and oxygen atoms in total. The molecule has 0 heterocycles. The molecule has 0 saturated heterocycles. The van der Waals surface area contributed by atoms with E-state index in [2.05, 4.69) is 0 Å². The molecule has 2 rings (SSSR count). The number of hydrogen-bond acceptors (Lipinski definition) is 4. The molecule has 1 aliphatic rings. The van der Waals surface area contributed by atoms with Crippen LogP contribution in [0.1, 0.15) is 31.2 Å². The number of hydrogen-bond donors (Lipinski definition) is 0. The van der Waals surface area contributed by atoms with Crippen LogP contribution in [0.3, 0.4) is 0 Å². The molecule has 108 valence electrons. The fourth-order valence-corrected chi connectivity index (χ4v) is 2.42. The van der Waals surface area contributed by atoms with Gasteiger partial charge in [0.15, 0.2) is 6.79 Å². The SMILES string of the molecule is CCOCOc1cccc([C@@H]2CC=CC[C@@H]2[N+](=O)[O-])c1. The second-order valence-electron chi connectivity index (χ2n) is 4.73. The van der Waals surface area contributed by atoms with Crippen molar-refractivity contribution in [2.45, 2.75) is 31.7 Å². The van der Waals surface area contributed by atoms with Gasteiger partial charge in [-0.1, -0.05) is 24.3 Å². The lowest BCUT2D eigenvalue weighted by molar-refractivity contribution is -0.526. The predicted octanol–water partition coefficient (Wildman–Crippen LogP) is 3.14. The van der Waals surface area contributed by atoms with Gasteiger partial charge in [0.25, 0.3) is 0 Å². The van der Waals surface area contributed by atoms with Gasteiger partial charge in [0, 0.05) is 18.0 Å². The van der Waals surface area contributed by atoms with Gasteiger partial charge in [0.2, 0.25) is 6.04 Å². The fraction of sp³-hybridized carbons (Fsp3) is 0.467. The first kappa shape index (κ1) is 14.5. The zero-order chi connectivity index (χ0) is 14.4. The van der Waals surface area contributed by atoms with E-state index >= 15 is 0 Å². The van der Waals surface area contributed by atoms with Crippen molar-refractivity contribution in [3.05, 3.63) is 52.1 Å². The van der Waals surface area contributed by atoms with Crippen LogP contribution in [0.5, 0.6) is 5.75 Å². The van der Waals surface area contributed by atoms with E-state index in [1.165, 1.54) is 0 Å². The highest BCUT2D eigenvalue weighted by atomic mass is 16.7. The van der Waals surface area contributed by atoms with Crippen LogP contribution in [-0.2, 0) is 4.74 Å². The zero-order valence-corrected chi connectivity index (χ0v) is 11.5. The highest BCUT2D eigenvalue weighted by molar-refractivity contribution is 5.32. The summed E-state index contributed by atoms with van der Waals surface area (Å²) in [7, 11) is 0. The largest absolute Gasteiger partial charge is 0.468 e. The van der Waals surface area contributed by atoms with Gasteiger partial charge < -0.3 is 9.47 Å². The molecule has 0 N–H and O–H groups in total. The first-order valence-electron chi connectivity index (χ1n) is 6.81. The Morgan fingerprint density at radius 3 is 2.90 bits per heavy atom. The highest BCUT2D eigenvalue weighted by Gasteiger charge is 2.33. The molecule has 1 aliphatic carbocycles. The Bertz CT molecular complexity index is 487. The zero-order valence-electron chi connectivity index (χ0n) is 11.5. The van der Waals surface area contributed by atoms with Crippen LogP contribution in [-0.4, -0.2) is 24.4 Å². The van der Waals surface area contributed by atoms with Gasteiger partial charge in [-0.05, 0) is 31.0 Å². The molecule has 0 bridgehead atoms. The van der Waals surface area contributed by atoms with Gasteiger partial charge in [-0.3, -0.25) is 10.1 Å². The Hall–Kier alpha value is -1.88. The molecule has 0 saturated carbocycles. The smallest absolute Gasteiger partial charge is 0.223 e. The van der Waals surface area contributed by atoms with Gasteiger partial charge in [-0.15, -0.1) is 0 Å². The fourth-order valence-electron chi connectivity index (χ4n) is 2.42. The van der Waals surface area contributed by atoms with Crippen LogP contribution in [0, 0.1) is 10.1 Å². The summed E-state index contributed by atoms with van der Waals surface area (Å²) in [4.78, 5) is 11.0. The van der Waals surface area contributed by atoms with Gasteiger partial charge in [-0.25, -0.2) is 0 Å². The molecule has 0 aliphatic heterocycles. The Kier molecular flexibility index (Phi) is 5.12. The molecule has 0 amide bonds. The van der Waals surface area contributed by atoms with Crippen molar-refractivity contribution in [2.75, 3.05) is 13.4 Å². The second-order valence-corrected chi connectivity index (χ2v) is 4.73. The number of allylic oxidation sites excluding steroid dienone is 1. The van der Waals surface area contributed by atoms with Gasteiger partial charge >= 0.3 is 0 Å². The van der Waals surface area contributed by atoms with Crippen molar-refractivity contribution in [1.82, 2.24) is 0 Å². The molecular weight excluding hydrogens is 258 g/mol. The van der Waals surface area contributed by atoms with Crippen molar-refractivity contribution in [2.24, 2.45) is 0 Å². The number of nitro groups is 1. The van der Waals surface area contributed by atoms with E-state index in [9.17, 15) is 10.1 Å². The molecule has 5 heteroatoms. The van der Waals surface area contributed by atoms with E-state index in [-0.39, 0.29) is 17.6 Å². The molecule has 2 atom stereocenters. The first-order valence-corrected chi connectivity index (χ1v) is 6.81. The maximum Gasteiger partial charge on any atom is 0.223 e. The van der Waals surface area contributed by atoms with Crippen LogP contribution in [0.15, 0.2) is 36.4 Å². The summed E-state index contributed by atoms with van der Waals surface area (Å²) in [5.41, 5.74) is 0.949. The van der Waals surface area contributed by atoms with E-state index in [1.54, 1.807) is 0 Å². The molecule has 1 aromatic rings. The maximum absolute atomic E-state index is 11.2. The molecular formula is C15H19NO4. The summed E-state index contributed by atoms with van der Waals surface area (Å²) in [5, 5.41) is 11.2. The molecule has 1 aromatic carbocycles. The second kappa shape index (κ2) is 7.05. The Labute approximate surface area is 118 Å². The van der Waals surface area contributed by atoms with Crippen molar-refractivity contribution in [3.63, 3.8) is 0 Å². The average Bonchev–Trinajstić information content (AvgIpc) is 2.48. The highest BCUT2D eigenvalue weighted by Crippen LogP contribution is 2.32. The van der Waals surface area contributed by atoms with E-state index in [1.807, 2.05) is 43.3 Å². The van der Waals surface area contributed by atoms with E-state index in [4.69, 9.17) is 9.47 Å². The number of benzene rings is 1. The minimum Gasteiger partial charge on any atom is -0.468 e. The van der Waals surface area contributed by atoms with Crippen LogP contribution >= 0.6 is 0 Å². The van der Waals surface area contributed by atoms with Crippen LogP contribution < -0.4 is 4.74 Å². The maximum atomic E-state index is 11.2. The normalized spacial score (nSPS) is 21.6. The molecule has 0 spiro atoms. The van der Waals surface area contributed by atoms with Gasteiger partial charge in [0.05, 0.1) is 5.92 Å². The summed E-state index contributed by atoms with van der Waals surface area (Å²) in [6.07, 6.45) is 5.08. The minimum absolute atomic E-state index is 0.0920. The molecule has 0 unspecified atom stereocenters. The summed E-state index contributed by atoms with van der Waals surface area (Å²) < 4.78 is 10.6. The van der Waals surface area contributed by atoms with E-state index in [0.717, 1.165) is 5.56 Å². The van der Waals surface area contributed by atoms with E-state index < -0.39 is 6.04 Å². The van der Waals surface area contributed by atoms with Crippen LogP contribution in [0.2, 0.25) is 0 Å². The summed E-state index contributed by atoms with van der Waals surface area (Å²) >= 11 is 0. The Balaban J connectivity index is 2.12. The minimum atomic E-state index is -0.554. The topological polar surface area (TPSA) is 61.6 Å². The monoisotopic (exact) mass is 277 g/mol. The molecule has 0 aromatic heterocycles.